The molecule has 0 spiro atoms. The molecule has 6 nitrogen and oxygen atoms in total. The number of benzene rings is 1. The third-order valence-corrected chi connectivity index (χ3v) is 4.89. The molecule has 0 aliphatic carbocycles. The van der Waals surface area contributed by atoms with E-state index in [1.165, 1.54) is 17.9 Å². The Bertz CT molecular complexity index is 909. The van der Waals surface area contributed by atoms with E-state index in [4.69, 9.17) is 27.3 Å². The lowest BCUT2D eigenvalue weighted by Gasteiger charge is -2.14. The average Bonchev–Trinajstić information content (AvgIpc) is 2.86. The molecule has 1 heterocycles. The van der Waals surface area contributed by atoms with E-state index < -0.39 is 5.97 Å². The first kappa shape index (κ1) is 17.4. The minimum atomic E-state index is -0.737. The first-order valence-electron chi connectivity index (χ1n) is 5.94. The maximum atomic E-state index is 12.0. The smallest absolute Gasteiger partial charge is 0.357 e. The van der Waals surface area contributed by atoms with Crippen LogP contribution in [0.1, 0.15) is 21.6 Å². The zero-order chi connectivity index (χ0) is 17.3. The minimum Gasteiger partial charge on any atom is -0.464 e. The molecule has 9 heteroatoms. The van der Waals surface area contributed by atoms with Crippen LogP contribution in [0.4, 0.5) is 5.69 Å². The fourth-order valence-electron chi connectivity index (χ4n) is 2.01. The van der Waals surface area contributed by atoms with Gasteiger partial charge in [0.1, 0.15) is 12.1 Å². The molecule has 2 N–H and O–H groups in total. The highest BCUT2D eigenvalue weighted by molar-refractivity contribution is 9.11. The second kappa shape index (κ2) is 6.63. The number of hydrogen-bond acceptors (Lipinski definition) is 5. The monoisotopic (exact) mass is 456 g/mol. The molecule has 2 aromatic rings. The maximum absolute atomic E-state index is 12.0. The van der Waals surface area contributed by atoms with Crippen molar-refractivity contribution in [2.75, 3.05) is 12.8 Å². The van der Waals surface area contributed by atoms with E-state index >= 15 is 0 Å². The van der Waals surface area contributed by atoms with Crippen LogP contribution < -0.4 is 5.73 Å². The predicted molar refractivity (Wildman–Crippen MR) is 91.4 cm³/mol. The molecule has 2 rings (SSSR count). The van der Waals surface area contributed by atoms with Crippen LogP contribution in [0.15, 0.2) is 21.2 Å². The number of esters is 1. The summed E-state index contributed by atoms with van der Waals surface area (Å²) in [6.45, 7) is 0. The number of carbonyl (C=O) groups is 1. The summed E-state index contributed by atoms with van der Waals surface area (Å²) in [5.74, 6) is -0.737. The maximum Gasteiger partial charge on any atom is 0.357 e. The lowest BCUT2D eigenvalue weighted by molar-refractivity contribution is 0.0593. The molecule has 23 heavy (non-hydrogen) atoms. The van der Waals surface area contributed by atoms with Crippen molar-refractivity contribution in [1.82, 2.24) is 4.57 Å². The van der Waals surface area contributed by atoms with Crippen LogP contribution >= 0.6 is 43.5 Å². The number of anilines is 1. The fourth-order valence-corrected chi connectivity index (χ4v) is 3.55. The summed E-state index contributed by atoms with van der Waals surface area (Å²) in [6.07, 6.45) is 1.35. The highest BCUT2D eigenvalue weighted by atomic mass is 79.9. The van der Waals surface area contributed by atoms with E-state index in [1.54, 1.807) is 6.07 Å². The molecule has 1 aromatic heterocycles. The molecule has 1 aromatic carbocycles. The SMILES string of the molecule is COC(=O)c1c(N)c(C#N)cn1-c1c(Br)cc(Br)c(Cl)c1C#N. The number of hydrogen-bond donors (Lipinski definition) is 1. The minimum absolute atomic E-state index is 0.0332. The first-order chi connectivity index (χ1) is 10.9. The zero-order valence-corrected chi connectivity index (χ0v) is 15.5. The summed E-state index contributed by atoms with van der Waals surface area (Å²) < 4.78 is 7.02. The van der Waals surface area contributed by atoms with E-state index in [-0.39, 0.29) is 33.2 Å². The van der Waals surface area contributed by atoms with Gasteiger partial charge in [0.2, 0.25) is 0 Å². The molecule has 0 saturated carbocycles. The molecule has 0 amide bonds. The molecule has 0 fully saturated rings. The van der Waals surface area contributed by atoms with Gasteiger partial charge in [-0.25, -0.2) is 4.79 Å². The van der Waals surface area contributed by atoms with Crippen molar-refractivity contribution < 1.29 is 9.53 Å². The lowest BCUT2D eigenvalue weighted by Crippen LogP contribution is -2.12. The summed E-state index contributed by atoms with van der Waals surface area (Å²) in [5.41, 5.74) is 6.24. The van der Waals surface area contributed by atoms with Crippen molar-refractivity contribution in [2.24, 2.45) is 0 Å². The number of carbonyl (C=O) groups excluding carboxylic acids is 1. The number of nitrogens with zero attached hydrogens (tertiary/aromatic N) is 3. The van der Waals surface area contributed by atoms with E-state index in [1.807, 2.05) is 12.1 Å². The third kappa shape index (κ3) is 2.81. The number of rotatable bonds is 2. The number of methoxy groups -OCH3 is 1. The predicted octanol–water partition coefficient (Wildman–Crippen LogP) is 3.77. The van der Waals surface area contributed by atoms with Gasteiger partial charge < -0.3 is 15.0 Å². The Hall–Kier alpha value is -2.00. The normalized spacial score (nSPS) is 10.0. The summed E-state index contributed by atoms with van der Waals surface area (Å²) in [5, 5.41) is 18.7. The second-order valence-electron chi connectivity index (χ2n) is 4.27. The lowest BCUT2D eigenvalue weighted by atomic mass is 10.2. The van der Waals surface area contributed by atoms with Crippen LogP contribution in [0.5, 0.6) is 0 Å². The summed E-state index contributed by atoms with van der Waals surface area (Å²) in [4.78, 5) is 12.0. The largest absolute Gasteiger partial charge is 0.464 e. The highest BCUT2D eigenvalue weighted by Crippen LogP contribution is 2.38. The number of nitriles is 2. The number of halogens is 3. The summed E-state index contributed by atoms with van der Waals surface area (Å²) >= 11 is 12.7. The molecule has 116 valence electrons. The molecule has 0 aliphatic rings. The molecule has 0 radical (unpaired) electrons. The Morgan fingerprint density at radius 2 is 2.00 bits per heavy atom. The first-order valence-corrected chi connectivity index (χ1v) is 7.90. The van der Waals surface area contributed by atoms with Crippen LogP contribution in [0.2, 0.25) is 5.02 Å². The van der Waals surface area contributed by atoms with Gasteiger partial charge in [-0.05, 0) is 37.9 Å². The number of aromatic nitrogens is 1. The van der Waals surface area contributed by atoms with E-state index in [2.05, 4.69) is 31.9 Å². The Morgan fingerprint density at radius 3 is 2.52 bits per heavy atom. The van der Waals surface area contributed by atoms with Crippen LogP contribution in [-0.2, 0) is 4.74 Å². The van der Waals surface area contributed by atoms with Gasteiger partial charge in [-0.3, -0.25) is 0 Å². The van der Waals surface area contributed by atoms with Gasteiger partial charge >= 0.3 is 5.97 Å². The Kier molecular flexibility index (Phi) is 5.00. The molecule has 0 atom stereocenters. The summed E-state index contributed by atoms with van der Waals surface area (Å²) in [7, 11) is 1.19. The van der Waals surface area contributed by atoms with Gasteiger partial charge in [0.05, 0.1) is 34.6 Å². The van der Waals surface area contributed by atoms with Crippen molar-refractivity contribution in [1.29, 1.82) is 10.5 Å². The van der Waals surface area contributed by atoms with Crippen LogP contribution in [0.3, 0.4) is 0 Å². The number of ether oxygens (including phenoxy) is 1. The number of nitrogens with two attached hydrogens (primary N) is 1. The van der Waals surface area contributed by atoms with Gasteiger partial charge in [0.25, 0.3) is 0 Å². The fraction of sp³-hybridized carbons (Fsp3) is 0.0714. The van der Waals surface area contributed by atoms with Gasteiger partial charge in [-0.2, -0.15) is 10.5 Å². The van der Waals surface area contributed by atoms with Crippen molar-refractivity contribution in [3.05, 3.63) is 43.1 Å². The van der Waals surface area contributed by atoms with E-state index in [0.717, 1.165) is 0 Å². The molecule has 0 aliphatic heterocycles. The molecule has 0 saturated heterocycles. The Morgan fingerprint density at radius 1 is 1.35 bits per heavy atom. The third-order valence-electron chi connectivity index (χ3n) is 3.04. The average molecular weight is 458 g/mol. The van der Waals surface area contributed by atoms with E-state index in [0.29, 0.717) is 8.95 Å². The Balaban J connectivity index is 2.95. The van der Waals surface area contributed by atoms with Crippen LogP contribution in [0.25, 0.3) is 5.69 Å². The highest BCUT2D eigenvalue weighted by Gasteiger charge is 2.26. The van der Waals surface area contributed by atoms with Crippen molar-refractivity contribution in [2.45, 2.75) is 0 Å². The zero-order valence-electron chi connectivity index (χ0n) is 11.5. The van der Waals surface area contributed by atoms with Gasteiger partial charge in [-0.1, -0.05) is 11.6 Å². The standard InChI is InChI=1S/C14H7Br2ClN4O2/c1-23-14(22)13-11(20)6(3-18)5-21(13)12-7(4-19)10(17)8(15)2-9(12)16/h2,5H,20H2,1H3. The molecular formula is C14H7Br2ClN4O2. The molecule has 0 bridgehead atoms. The number of nitrogen functional groups attached to an aromatic ring is 1. The van der Waals surface area contributed by atoms with Crippen molar-refractivity contribution in [3.63, 3.8) is 0 Å². The van der Waals surface area contributed by atoms with Crippen LogP contribution in [0, 0.1) is 22.7 Å². The molecule has 0 unspecified atom stereocenters. The van der Waals surface area contributed by atoms with Gasteiger partial charge in [0, 0.05) is 15.1 Å². The van der Waals surface area contributed by atoms with Gasteiger partial charge in [0.15, 0.2) is 5.69 Å². The topological polar surface area (TPSA) is 105 Å². The van der Waals surface area contributed by atoms with Gasteiger partial charge in [-0.15, -0.1) is 0 Å². The summed E-state index contributed by atoms with van der Waals surface area (Å²) in [6, 6.07) is 5.51. The second-order valence-corrected chi connectivity index (χ2v) is 6.35. The van der Waals surface area contributed by atoms with Crippen molar-refractivity contribution in [3.8, 4) is 17.8 Å². The van der Waals surface area contributed by atoms with E-state index in [9.17, 15) is 10.1 Å². The molecular weight excluding hydrogens is 451 g/mol. The van der Waals surface area contributed by atoms with Crippen molar-refractivity contribution >= 4 is 55.1 Å². The van der Waals surface area contributed by atoms with Crippen LogP contribution in [-0.4, -0.2) is 17.6 Å². The quantitative estimate of drug-likeness (QED) is 0.545. The Labute approximate surface area is 153 Å².